The van der Waals surface area contributed by atoms with Crippen LogP contribution >= 0.6 is 11.3 Å². The van der Waals surface area contributed by atoms with E-state index >= 15 is 0 Å². The van der Waals surface area contributed by atoms with Gasteiger partial charge in [-0.05, 0) is 29.1 Å². The van der Waals surface area contributed by atoms with Crippen LogP contribution in [-0.4, -0.2) is 10.9 Å². The van der Waals surface area contributed by atoms with Crippen molar-refractivity contribution in [2.75, 3.05) is 0 Å². The molecule has 1 aromatic carbocycles. The number of thiophene rings is 1. The molecule has 3 rings (SSSR count). The van der Waals surface area contributed by atoms with E-state index in [1.807, 2.05) is 47.8 Å². The topological polar surface area (TPSA) is 42.0 Å². The lowest BCUT2D eigenvalue weighted by molar-refractivity contribution is 0.0943. The average molecular weight is 294 g/mol. The number of benzene rings is 1. The van der Waals surface area contributed by atoms with Crippen molar-refractivity contribution in [3.05, 3.63) is 88.4 Å². The summed E-state index contributed by atoms with van der Waals surface area (Å²) in [6.45, 7) is 0. The van der Waals surface area contributed by atoms with E-state index in [0.29, 0.717) is 5.56 Å². The second kappa shape index (κ2) is 6.33. The van der Waals surface area contributed by atoms with Crippen LogP contribution in [0.15, 0.2) is 72.4 Å². The van der Waals surface area contributed by atoms with Crippen molar-refractivity contribution in [1.82, 2.24) is 10.3 Å². The van der Waals surface area contributed by atoms with Crippen LogP contribution in [0.3, 0.4) is 0 Å². The Morgan fingerprint density at radius 3 is 2.43 bits per heavy atom. The molecule has 21 heavy (non-hydrogen) atoms. The summed E-state index contributed by atoms with van der Waals surface area (Å²) >= 11 is 1.64. The Kier molecular flexibility index (Phi) is 4.07. The molecule has 0 aliphatic rings. The molecule has 0 saturated carbocycles. The zero-order valence-corrected chi connectivity index (χ0v) is 12.1. The lowest BCUT2D eigenvalue weighted by atomic mass is 10.0. The Hall–Kier alpha value is -2.46. The van der Waals surface area contributed by atoms with Crippen molar-refractivity contribution in [1.29, 1.82) is 0 Å². The summed E-state index contributed by atoms with van der Waals surface area (Å²) in [5.74, 6) is -0.0975. The van der Waals surface area contributed by atoms with Crippen molar-refractivity contribution in [2.24, 2.45) is 0 Å². The Bertz CT molecular complexity index is 696. The van der Waals surface area contributed by atoms with Crippen molar-refractivity contribution < 1.29 is 4.79 Å². The normalized spacial score (nSPS) is 11.8. The van der Waals surface area contributed by atoms with Crippen LogP contribution in [0.1, 0.15) is 26.8 Å². The highest BCUT2D eigenvalue weighted by molar-refractivity contribution is 7.10. The monoisotopic (exact) mass is 294 g/mol. The number of carbonyl (C=O) groups excluding carboxylic acids is 1. The lowest BCUT2D eigenvalue weighted by Crippen LogP contribution is -2.28. The van der Waals surface area contributed by atoms with Crippen LogP contribution in [0.4, 0.5) is 0 Å². The first-order valence-corrected chi connectivity index (χ1v) is 7.52. The molecule has 0 fully saturated rings. The molecule has 0 aliphatic carbocycles. The predicted octanol–water partition coefficient (Wildman–Crippen LogP) is 3.66. The fraction of sp³-hybridized carbons (Fsp3) is 0.0588. The van der Waals surface area contributed by atoms with E-state index in [-0.39, 0.29) is 11.9 Å². The third kappa shape index (κ3) is 3.17. The van der Waals surface area contributed by atoms with Crippen molar-refractivity contribution in [3.63, 3.8) is 0 Å². The highest BCUT2D eigenvalue weighted by Crippen LogP contribution is 2.26. The molecular weight excluding hydrogens is 280 g/mol. The van der Waals surface area contributed by atoms with Crippen LogP contribution in [0.5, 0.6) is 0 Å². The van der Waals surface area contributed by atoms with E-state index in [0.717, 1.165) is 10.4 Å². The van der Waals surface area contributed by atoms with Crippen LogP contribution in [-0.2, 0) is 0 Å². The van der Waals surface area contributed by atoms with E-state index in [2.05, 4.69) is 10.3 Å². The lowest BCUT2D eigenvalue weighted by Gasteiger charge is -2.18. The fourth-order valence-corrected chi connectivity index (χ4v) is 2.94. The summed E-state index contributed by atoms with van der Waals surface area (Å²) in [7, 11) is 0. The average Bonchev–Trinajstić information content (AvgIpc) is 3.08. The molecule has 1 atom stereocenters. The van der Waals surface area contributed by atoms with E-state index < -0.39 is 0 Å². The molecule has 3 nitrogen and oxygen atoms in total. The first kappa shape index (κ1) is 13.5. The van der Waals surface area contributed by atoms with E-state index in [9.17, 15) is 4.79 Å². The second-order valence-corrected chi connectivity index (χ2v) is 5.55. The van der Waals surface area contributed by atoms with Crippen molar-refractivity contribution >= 4 is 17.2 Å². The number of pyridine rings is 1. The summed E-state index contributed by atoms with van der Waals surface area (Å²) in [5, 5.41) is 5.11. The maximum absolute atomic E-state index is 12.4. The minimum absolute atomic E-state index is 0.0975. The smallest absolute Gasteiger partial charge is 0.252 e. The molecular formula is C17H14N2OS. The molecule has 2 heterocycles. The zero-order valence-electron chi connectivity index (χ0n) is 11.3. The second-order valence-electron chi connectivity index (χ2n) is 4.57. The van der Waals surface area contributed by atoms with E-state index in [1.54, 1.807) is 35.9 Å². The maximum Gasteiger partial charge on any atom is 0.252 e. The minimum atomic E-state index is -0.133. The summed E-state index contributed by atoms with van der Waals surface area (Å²) < 4.78 is 0. The molecule has 0 saturated heterocycles. The summed E-state index contributed by atoms with van der Waals surface area (Å²) in [5.41, 5.74) is 1.69. The predicted molar refractivity (Wildman–Crippen MR) is 84.3 cm³/mol. The summed E-state index contributed by atoms with van der Waals surface area (Å²) in [6, 6.07) is 17.3. The number of nitrogens with one attached hydrogen (secondary N) is 1. The van der Waals surface area contributed by atoms with E-state index in [4.69, 9.17) is 0 Å². The summed E-state index contributed by atoms with van der Waals surface area (Å²) in [4.78, 5) is 17.4. The SMILES string of the molecule is O=C(N[C@@H](c1ccccc1)c1cccs1)c1ccncc1. The van der Waals surface area contributed by atoms with Crippen LogP contribution < -0.4 is 5.32 Å². The molecule has 0 aliphatic heterocycles. The Labute approximate surface area is 127 Å². The van der Waals surface area contributed by atoms with Crippen molar-refractivity contribution in [3.8, 4) is 0 Å². The standard InChI is InChI=1S/C17H14N2OS/c20-17(14-8-10-18-11-9-14)19-16(15-7-4-12-21-15)13-5-2-1-3-6-13/h1-12,16H,(H,19,20)/t16-/m0/s1. The van der Waals surface area contributed by atoms with Crippen LogP contribution in [0.2, 0.25) is 0 Å². The van der Waals surface area contributed by atoms with Gasteiger partial charge in [-0.2, -0.15) is 0 Å². The number of rotatable bonds is 4. The molecule has 0 radical (unpaired) electrons. The quantitative estimate of drug-likeness (QED) is 0.798. The molecule has 0 unspecified atom stereocenters. The van der Waals surface area contributed by atoms with Crippen LogP contribution in [0, 0.1) is 0 Å². The molecule has 2 aromatic heterocycles. The van der Waals surface area contributed by atoms with Gasteiger partial charge in [0.25, 0.3) is 5.91 Å². The molecule has 1 amide bonds. The van der Waals surface area contributed by atoms with Gasteiger partial charge in [0, 0.05) is 22.8 Å². The number of carbonyl (C=O) groups is 1. The zero-order chi connectivity index (χ0) is 14.5. The van der Waals surface area contributed by atoms with Gasteiger partial charge < -0.3 is 5.32 Å². The number of hydrogen-bond donors (Lipinski definition) is 1. The van der Waals surface area contributed by atoms with Gasteiger partial charge in [0.1, 0.15) is 0 Å². The first-order valence-electron chi connectivity index (χ1n) is 6.64. The first-order chi connectivity index (χ1) is 10.3. The third-order valence-electron chi connectivity index (χ3n) is 3.18. The summed E-state index contributed by atoms with van der Waals surface area (Å²) in [6.07, 6.45) is 3.25. The maximum atomic E-state index is 12.4. The van der Waals surface area contributed by atoms with E-state index in [1.165, 1.54) is 0 Å². The van der Waals surface area contributed by atoms with Gasteiger partial charge in [-0.3, -0.25) is 9.78 Å². The number of hydrogen-bond acceptors (Lipinski definition) is 3. The molecule has 104 valence electrons. The van der Waals surface area contributed by atoms with Gasteiger partial charge in [-0.25, -0.2) is 0 Å². The van der Waals surface area contributed by atoms with Gasteiger partial charge in [0.2, 0.25) is 0 Å². The van der Waals surface area contributed by atoms with Crippen molar-refractivity contribution in [2.45, 2.75) is 6.04 Å². The fourth-order valence-electron chi connectivity index (χ4n) is 2.14. The van der Waals surface area contributed by atoms with Gasteiger partial charge in [-0.1, -0.05) is 36.4 Å². The van der Waals surface area contributed by atoms with Gasteiger partial charge in [-0.15, -0.1) is 11.3 Å². The number of nitrogens with zero attached hydrogens (tertiary/aromatic N) is 1. The molecule has 4 heteroatoms. The molecule has 1 N–H and O–H groups in total. The highest BCUT2D eigenvalue weighted by Gasteiger charge is 2.18. The Morgan fingerprint density at radius 2 is 1.76 bits per heavy atom. The number of aromatic nitrogens is 1. The minimum Gasteiger partial charge on any atom is -0.340 e. The highest BCUT2D eigenvalue weighted by atomic mass is 32.1. The molecule has 0 spiro atoms. The van der Waals surface area contributed by atoms with Crippen LogP contribution in [0.25, 0.3) is 0 Å². The van der Waals surface area contributed by atoms with Gasteiger partial charge >= 0.3 is 0 Å². The number of amides is 1. The third-order valence-corrected chi connectivity index (χ3v) is 4.12. The Balaban J connectivity index is 1.89. The largest absolute Gasteiger partial charge is 0.340 e. The van der Waals surface area contributed by atoms with Gasteiger partial charge in [0.05, 0.1) is 6.04 Å². The molecule has 0 bridgehead atoms. The molecule has 3 aromatic rings. The van der Waals surface area contributed by atoms with Gasteiger partial charge in [0.15, 0.2) is 0 Å². The Morgan fingerprint density at radius 1 is 1.00 bits per heavy atom.